The number of benzene rings is 1. The first-order valence-electron chi connectivity index (χ1n) is 4.31. The second-order valence-electron chi connectivity index (χ2n) is 2.99. The van der Waals surface area contributed by atoms with Crippen molar-refractivity contribution in [2.24, 2.45) is 0 Å². The molecule has 2 rings (SSSR count). The predicted octanol–water partition coefficient (Wildman–Crippen LogP) is 1.73. The van der Waals surface area contributed by atoms with E-state index in [1.807, 2.05) is 24.3 Å². The van der Waals surface area contributed by atoms with Crippen LogP contribution in [0.15, 0.2) is 30.5 Å². The van der Waals surface area contributed by atoms with Gasteiger partial charge in [-0.15, -0.1) is 0 Å². The molecule has 72 valence electrons. The molecule has 1 aliphatic heterocycles. The van der Waals surface area contributed by atoms with Gasteiger partial charge in [0.25, 0.3) is 0 Å². The minimum atomic E-state index is -0.364. The molecule has 14 heavy (non-hydrogen) atoms. The molecule has 0 saturated heterocycles. The Morgan fingerprint density at radius 3 is 3.00 bits per heavy atom. The quantitative estimate of drug-likeness (QED) is 0.632. The zero-order valence-corrected chi connectivity index (χ0v) is 7.82. The van der Waals surface area contributed by atoms with Gasteiger partial charge in [0, 0.05) is 0 Å². The van der Waals surface area contributed by atoms with E-state index in [0.717, 1.165) is 11.1 Å². The van der Waals surface area contributed by atoms with Crippen LogP contribution < -0.4 is 0 Å². The van der Waals surface area contributed by atoms with Gasteiger partial charge in [0.05, 0.1) is 13.4 Å². The number of fused-ring (bicyclic) bond motifs is 1. The van der Waals surface area contributed by atoms with Gasteiger partial charge in [0.2, 0.25) is 0 Å². The highest BCUT2D eigenvalue weighted by atomic mass is 16.5. The molecule has 1 aromatic carbocycles. The van der Waals surface area contributed by atoms with Crippen molar-refractivity contribution in [3.05, 3.63) is 41.7 Å². The Morgan fingerprint density at radius 2 is 2.21 bits per heavy atom. The molecule has 0 spiro atoms. The minimum Gasteiger partial charge on any atom is -0.496 e. The number of esters is 1. The summed E-state index contributed by atoms with van der Waals surface area (Å²) in [5.74, 6) is -0.364. The van der Waals surface area contributed by atoms with Crippen LogP contribution in [-0.4, -0.2) is 13.1 Å². The third-order valence-corrected chi connectivity index (χ3v) is 2.15. The first-order valence-corrected chi connectivity index (χ1v) is 4.31. The fraction of sp³-hybridized carbons (Fsp3) is 0.182. The average molecular weight is 190 g/mol. The zero-order valence-electron chi connectivity index (χ0n) is 7.82. The molecule has 3 nitrogen and oxygen atoms in total. The van der Waals surface area contributed by atoms with Gasteiger partial charge in [-0.25, -0.2) is 4.79 Å². The SMILES string of the molecule is COC(=O)C1=COCc2ccccc21. The third kappa shape index (κ3) is 1.37. The summed E-state index contributed by atoms with van der Waals surface area (Å²) in [6.07, 6.45) is 1.45. The van der Waals surface area contributed by atoms with E-state index >= 15 is 0 Å². The summed E-state index contributed by atoms with van der Waals surface area (Å²) in [6.45, 7) is 0.511. The number of ether oxygens (including phenoxy) is 2. The van der Waals surface area contributed by atoms with Crippen molar-refractivity contribution in [2.75, 3.05) is 7.11 Å². The molecular weight excluding hydrogens is 180 g/mol. The normalized spacial score (nSPS) is 13.6. The van der Waals surface area contributed by atoms with Crippen LogP contribution >= 0.6 is 0 Å². The summed E-state index contributed by atoms with van der Waals surface area (Å²) in [5, 5.41) is 0. The molecule has 0 bridgehead atoms. The topological polar surface area (TPSA) is 35.5 Å². The molecule has 0 amide bonds. The maximum Gasteiger partial charge on any atom is 0.341 e. The van der Waals surface area contributed by atoms with Crippen LogP contribution in [0.3, 0.4) is 0 Å². The molecule has 1 aromatic rings. The number of carbonyl (C=O) groups is 1. The Bertz CT molecular complexity index is 393. The van der Waals surface area contributed by atoms with E-state index in [1.165, 1.54) is 13.4 Å². The monoisotopic (exact) mass is 190 g/mol. The van der Waals surface area contributed by atoms with Gasteiger partial charge in [0.15, 0.2) is 0 Å². The molecule has 1 aliphatic rings. The van der Waals surface area contributed by atoms with Gasteiger partial charge in [-0.05, 0) is 11.1 Å². The van der Waals surface area contributed by atoms with Gasteiger partial charge in [-0.3, -0.25) is 0 Å². The van der Waals surface area contributed by atoms with Crippen LogP contribution in [-0.2, 0) is 20.9 Å². The molecule has 0 fully saturated rings. The number of carbonyl (C=O) groups excluding carboxylic acids is 1. The highest BCUT2D eigenvalue weighted by molar-refractivity contribution is 6.16. The summed E-state index contributed by atoms with van der Waals surface area (Å²) in [6, 6.07) is 7.63. The molecule has 3 heteroatoms. The number of rotatable bonds is 1. The summed E-state index contributed by atoms with van der Waals surface area (Å²) in [4.78, 5) is 11.4. The highest BCUT2D eigenvalue weighted by Gasteiger charge is 2.19. The Kier molecular flexibility index (Phi) is 2.23. The van der Waals surface area contributed by atoms with E-state index in [4.69, 9.17) is 4.74 Å². The smallest absolute Gasteiger partial charge is 0.341 e. The average Bonchev–Trinajstić information content (AvgIpc) is 2.27. The predicted molar refractivity (Wildman–Crippen MR) is 51.2 cm³/mol. The summed E-state index contributed by atoms with van der Waals surface area (Å²) in [7, 11) is 1.36. The second-order valence-corrected chi connectivity index (χ2v) is 2.99. The van der Waals surface area contributed by atoms with Crippen molar-refractivity contribution in [2.45, 2.75) is 6.61 Å². The van der Waals surface area contributed by atoms with Gasteiger partial charge in [0.1, 0.15) is 12.2 Å². The van der Waals surface area contributed by atoms with Crippen LogP contribution in [0, 0.1) is 0 Å². The summed E-state index contributed by atoms with van der Waals surface area (Å²) >= 11 is 0. The van der Waals surface area contributed by atoms with E-state index in [0.29, 0.717) is 12.2 Å². The molecule has 0 atom stereocenters. The fourth-order valence-corrected chi connectivity index (χ4v) is 1.46. The van der Waals surface area contributed by atoms with E-state index in [9.17, 15) is 4.79 Å². The first-order chi connectivity index (χ1) is 6.83. The maximum atomic E-state index is 11.4. The van der Waals surface area contributed by atoms with E-state index < -0.39 is 0 Å². The first kappa shape index (κ1) is 8.81. The molecule has 1 heterocycles. The lowest BCUT2D eigenvalue weighted by Gasteiger charge is -2.16. The van der Waals surface area contributed by atoms with Crippen LogP contribution in [0.4, 0.5) is 0 Å². The lowest BCUT2D eigenvalue weighted by atomic mass is 10.00. The Hall–Kier alpha value is -1.77. The lowest BCUT2D eigenvalue weighted by molar-refractivity contribution is -0.133. The summed E-state index contributed by atoms with van der Waals surface area (Å²) < 4.78 is 9.83. The van der Waals surface area contributed by atoms with Crippen molar-refractivity contribution in [3.8, 4) is 0 Å². The Morgan fingerprint density at radius 1 is 1.43 bits per heavy atom. The Balaban J connectivity index is 2.45. The maximum absolute atomic E-state index is 11.4. The second kappa shape index (κ2) is 3.54. The molecule has 0 radical (unpaired) electrons. The van der Waals surface area contributed by atoms with Crippen molar-refractivity contribution in [1.82, 2.24) is 0 Å². The van der Waals surface area contributed by atoms with E-state index in [2.05, 4.69) is 4.74 Å². The molecule has 0 unspecified atom stereocenters. The van der Waals surface area contributed by atoms with Crippen molar-refractivity contribution < 1.29 is 14.3 Å². The molecular formula is C11H10O3. The molecule has 0 N–H and O–H groups in total. The van der Waals surface area contributed by atoms with E-state index in [1.54, 1.807) is 0 Å². The van der Waals surface area contributed by atoms with Crippen molar-refractivity contribution >= 4 is 11.5 Å². The minimum absolute atomic E-state index is 0.364. The van der Waals surface area contributed by atoms with Crippen molar-refractivity contribution in [3.63, 3.8) is 0 Å². The standard InChI is InChI=1S/C11H10O3/c1-13-11(12)10-7-14-6-8-4-2-3-5-9(8)10/h2-5,7H,6H2,1H3. The van der Waals surface area contributed by atoms with Crippen LogP contribution in [0.5, 0.6) is 0 Å². The molecule has 0 aromatic heterocycles. The van der Waals surface area contributed by atoms with Crippen LogP contribution in [0.25, 0.3) is 5.57 Å². The number of hydrogen-bond acceptors (Lipinski definition) is 3. The van der Waals surface area contributed by atoms with Crippen molar-refractivity contribution in [1.29, 1.82) is 0 Å². The largest absolute Gasteiger partial charge is 0.496 e. The van der Waals surface area contributed by atoms with Gasteiger partial charge < -0.3 is 9.47 Å². The highest BCUT2D eigenvalue weighted by Crippen LogP contribution is 2.25. The fourth-order valence-electron chi connectivity index (χ4n) is 1.46. The lowest BCUT2D eigenvalue weighted by Crippen LogP contribution is -2.10. The summed E-state index contributed by atoms with van der Waals surface area (Å²) in [5.41, 5.74) is 2.38. The van der Waals surface area contributed by atoms with Crippen LogP contribution in [0.1, 0.15) is 11.1 Å². The van der Waals surface area contributed by atoms with E-state index in [-0.39, 0.29) is 5.97 Å². The third-order valence-electron chi connectivity index (χ3n) is 2.15. The van der Waals surface area contributed by atoms with Gasteiger partial charge in [-0.1, -0.05) is 24.3 Å². The number of methoxy groups -OCH3 is 1. The van der Waals surface area contributed by atoms with Gasteiger partial charge in [-0.2, -0.15) is 0 Å². The molecule has 0 aliphatic carbocycles. The van der Waals surface area contributed by atoms with Crippen LogP contribution in [0.2, 0.25) is 0 Å². The zero-order chi connectivity index (χ0) is 9.97. The molecule has 0 saturated carbocycles. The Labute approximate surface area is 81.9 Å². The number of hydrogen-bond donors (Lipinski definition) is 0. The van der Waals surface area contributed by atoms with Gasteiger partial charge >= 0.3 is 5.97 Å².